The summed E-state index contributed by atoms with van der Waals surface area (Å²) in [6, 6.07) is 11.3. The molecule has 0 spiro atoms. The predicted octanol–water partition coefficient (Wildman–Crippen LogP) is -0.277. The summed E-state index contributed by atoms with van der Waals surface area (Å²) in [5.41, 5.74) is 2.61. The monoisotopic (exact) mass is 416 g/mol. The van der Waals surface area contributed by atoms with E-state index >= 15 is 0 Å². The molecule has 1 saturated heterocycles. The first-order valence-electron chi connectivity index (χ1n) is 9.08. The second-order valence-corrected chi connectivity index (χ2v) is 7.01. The van der Waals surface area contributed by atoms with E-state index in [1.807, 2.05) is 36.4 Å². The Kier molecular flexibility index (Phi) is 5.13. The molecule has 0 radical (unpaired) electrons. The van der Waals surface area contributed by atoms with Crippen LogP contribution in [0.1, 0.15) is 0 Å². The van der Waals surface area contributed by atoms with E-state index in [1.54, 1.807) is 13.2 Å². The fraction of sp³-hybridized carbons (Fsp3) is 0.316. The highest BCUT2D eigenvalue weighted by Gasteiger charge is 2.49. The first-order valence-corrected chi connectivity index (χ1v) is 9.08. The van der Waals surface area contributed by atoms with Gasteiger partial charge < -0.3 is 29.7 Å². The molecule has 5 N–H and O–H groups in total. The number of fused-ring (bicyclic) bond motifs is 1. The summed E-state index contributed by atoms with van der Waals surface area (Å²) in [5.74, 6) is -1.65. The van der Waals surface area contributed by atoms with Crippen LogP contribution in [0.3, 0.4) is 0 Å². The van der Waals surface area contributed by atoms with Crippen molar-refractivity contribution in [2.24, 2.45) is 7.05 Å². The first-order chi connectivity index (χ1) is 14.3. The number of aliphatic hydroxyl groups excluding tert-OH is 3. The molecule has 0 saturated carbocycles. The molecular formula is C19H20N4O7. The number of carbonyl (C=O) groups is 1. The number of anilines is 1. The maximum atomic E-state index is 11.3. The molecule has 1 fully saturated rings. The van der Waals surface area contributed by atoms with Gasteiger partial charge in [0.2, 0.25) is 5.95 Å². The van der Waals surface area contributed by atoms with Gasteiger partial charge in [0.05, 0.1) is 5.52 Å². The lowest BCUT2D eigenvalue weighted by Crippen LogP contribution is -2.64. The van der Waals surface area contributed by atoms with E-state index in [0.29, 0.717) is 16.2 Å². The second kappa shape index (κ2) is 7.63. The standard InChI is InChI=1S/C19H20N4O7/c1-22-11-7-10(9-5-3-2-4-6-9)8-20-16(11)21-19(22)23(29)17-14(26)12(24)13(25)15(30-17)18(27)28/h2-8,12-15,17,24-26,29H,1H3,(H,27,28)/t12-,13-,14+,15-,17+/m0/s1. The molecule has 0 amide bonds. The highest BCUT2D eigenvalue weighted by atomic mass is 16.6. The number of hydroxylamine groups is 1. The van der Waals surface area contributed by atoms with Gasteiger partial charge in [0, 0.05) is 18.8 Å². The third-order valence-electron chi connectivity index (χ3n) is 5.10. The highest BCUT2D eigenvalue weighted by Crippen LogP contribution is 2.29. The molecule has 2 aromatic heterocycles. The molecule has 1 aliphatic rings. The van der Waals surface area contributed by atoms with E-state index in [2.05, 4.69) is 9.97 Å². The highest BCUT2D eigenvalue weighted by molar-refractivity contribution is 5.80. The number of ether oxygens (including phenoxy) is 1. The maximum absolute atomic E-state index is 11.3. The van der Waals surface area contributed by atoms with Gasteiger partial charge in [0.1, 0.15) is 18.3 Å². The number of aliphatic carboxylic acids is 1. The maximum Gasteiger partial charge on any atom is 0.335 e. The van der Waals surface area contributed by atoms with Gasteiger partial charge >= 0.3 is 5.97 Å². The van der Waals surface area contributed by atoms with E-state index < -0.39 is 36.6 Å². The summed E-state index contributed by atoms with van der Waals surface area (Å²) in [5, 5.41) is 50.2. The molecule has 3 heterocycles. The SMILES string of the molecule is Cn1c(N(O)[C@@H]2O[C@H](C(=O)O)[C@@H](O)[C@H](O)[C@H]2O)nc2ncc(-c3ccccc3)cc21. The summed E-state index contributed by atoms with van der Waals surface area (Å²) in [4.78, 5) is 19.8. The molecule has 11 heteroatoms. The van der Waals surface area contributed by atoms with E-state index in [0.717, 1.165) is 11.1 Å². The predicted molar refractivity (Wildman–Crippen MR) is 103 cm³/mol. The van der Waals surface area contributed by atoms with Crippen molar-refractivity contribution in [3.8, 4) is 11.1 Å². The number of aliphatic hydroxyl groups is 3. The van der Waals surface area contributed by atoms with Gasteiger partial charge in [0.25, 0.3) is 0 Å². The molecule has 0 aliphatic carbocycles. The van der Waals surface area contributed by atoms with Crippen LogP contribution in [0.2, 0.25) is 0 Å². The van der Waals surface area contributed by atoms with Crippen LogP contribution < -0.4 is 5.06 Å². The van der Waals surface area contributed by atoms with Crippen molar-refractivity contribution in [1.29, 1.82) is 0 Å². The van der Waals surface area contributed by atoms with Gasteiger partial charge in [-0.25, -0.2) is 9.78 Å². The zero-order valence-electron chi connectivity index (χ0n) is 15.8. The summed E-state index contributed by atoms with van der Waals surface area (Å²) in [7, 11) is 1.60. The van der Waals surface area contributed by atoms with Crippen molar-refractivity contribution in [2.45, 2.75) is 30.6 Å². The Morgan fingerprint density at radius 2 is 1.80 bits per heavy atom. The number of imidazole rings is 1. The van der Waals surface area contributed by atoms with Crippen molar-refractivity contribution >= 4 is 23.1 Å². The lowest BCUT2D eigenvalue weighted by molar-refractivity contribution is -0.237. The molecular weight excluding hydrogens is 396 g/mol. The van der Waals surface area contributed by atoms with Crippen LogP contribution in [0.15, 0.2) is 42.6 Å². The number of aryl methyl sites for hydroxylation is 1. The van der Waals surface area contributed by atoms with Crippen LogP contribution in [-0.4, -0.2) is 76.8 Å². The summed E-state index contributed by atoms with van der Waals surface area (Å²) >= 11 is 0. The minimum absolute atomic E-state index is 0.0977. The number of hydrogen-bond acceptors (Lipinski definition) is 9. The van der Waals surface area contributed by atoms with E-state index in [-0.39, 0.29) is 5.95 Å². The van der Waals surface area contributed by atoms with Gasteiger partial charge in [-0.3, -0.25) is 5.21 Å². The van der Waals surface area contributed by atoms with Crippen molar-refractivity contribution in [2.75, 3.05) is 5.06 Å². The summed E-state index contributed by atoms with van der Waals surface area (Å²) in [6.07, 6.45) is -7.42. The number of carboxylic acid groups (broad SMARTS) is 1. The first kappa shape index (κ1) is 20.2. The minimum Gasteiger partial charge on any atom is -0.479 e. The van der Waals surface area contributed by atoms with Crippen molar-refractivity contribution < 1.29 is 35.2 Å². The largest absolute Gasteiger partial charge is 0.479 e. The zero-order chi connectivity index (χ0) is 21.6. The van der Waals surface area contributed by atoms with Gasteiger partial charge in [-0.05, 0) is 11.6 Å². The second-order valence-electron chi connectivity index (χ2n) is 7.01. The number of nitrogens with zero attached hydrogens (tertiary/aromatic N) is 4. The van der Waals surface area contributed by atoms with Crippen LogP contribution in [0.25, 0.3) is 22.3 Å². The Morgan fingerprint density at radius 1 is 1.10 bits per heavy atom. The Balaban J connectivity index is 1.70. The quantitative estimate of drug-likeness (QED) is 0.358. The molecule has 3 aromatic rings. The van der Waals surface area contributed by atoms with Gasteiger partial charge in [-0.15, -0.1) is 0 Å². The number of hydrogen-bond donors (Lipinski definition) is 5. The Bertz CT molecular complexity index is 1070. The number of benzene rings is 1. The lowest BCUT2D eigenvalue weighted by Gasteiger charge is -2.41. The average Bonchev–Trinajstić information content (AvgIpc) is 3.08. The number of pyridine rings is 1. The smallest absolute Gasteiger partial charge is 0.335 e. The molecule has 1 aromatic carbocycles. The molecule has 0 unspecified atom stereocenters. The van der Waals surface area contributed by atoms with Crippen molar-refractivity contribution in [1.82, 2.24) is 14.5 Å². The fourth-order valence-corrected chi connectivity index (χ4v) is 3.43. The van der Waals surface area contributed by atoms with E-state index in [1.165, 1.54) is 4.57 Å². The topological polar surface area (TPSA) is 161 Å². The van der Waals surface area contributed by atoms with E-state index in [9.17, 15) is 30.4 Å². The molecule has 158 valence electrons. The molecule has 4 rings (SSSR count). The minimum atomic E-state index is -1.86. The third-order valence-corrected chi connectivity index (χ3v) is 5.10. The van der Waals surface area contributed by atoms with Gasteiger partial charge in [-0.1, -0.05) is 30.3 Å². The molecule has 0 bridgehead atoms. The number of rotatable bonds is 4. The normalized spacial score (nSPS) is 26.6. The fourth-order valence-electron chi connectivity index (χ4n) is 3.43. The molecule has 11 nitrogen and oxygen atoms in total. The number of carboxylic acids is 1. The zero-order valence-corrected chi connectivity index (χ0v) is 15.8. The van der Waals surface area contributed by atoms with Crippen LogP contribution in [-0.2, 0) is 16.6 Å². The molecule has 1 aliphatic heterocycles. The van der Waals surface area contributed by atoms with Crippen molar-refractivity contribution in [3.05, 3.63) is 42.6 Å². The summed E-state index contributed by atoms with van der Waals surface area (Å²) in [6.45, 7) is 0. The van der Waals surface area contributed by atoms with Crippen LogP contribution in [0.4, 0.5) is 5.95 Å². The van der Waals surface area contributed by atoms with E-state index in [4.69, 9.17) is 4.74 Å². The van der Waals surface area contributed by atoms with Crippen LogP contribution >= 0.6 is 0 Å². The van der Waals surface area contributed by atoms with Gasteiger partial charge in [0.15, 0.2) is 18.0 Å². The van der Waals surface area contributed by atoms with Crippen LogP contribution in [0.5, 0.6) is 0 Å². The Labute approximate surface area is 170 Å². The van der Waals surface area contributed by atoms with Gasteiger partial charge in [-0.2, -0.15) is 10.0 Å². The summed E-state index contributed by atoms with van der Waals surface area (Å²) < 4.78 is 6.63. The number of aromatic nitrogens is 3. The lowest BCUT2D eigenvalue weighted by atomic mass is 9.98. The van der Waals surface area contributed by atoms with Crippen LogP contribution in [0, 0.1) is 0 Å². The Morgan fingerprint density at radius 3 is 2.47 bits per heavy atom. The molecule has 5 atom stereocenters. The average molecular weight is 416 g/mol. The molecule has 30 heavy (non-hydrogen) atoms. The Hall–Kier alpha value is -3.09. The van der Waals surface area contributed by atoms with Crippen molar-refractivity contribution in [3.63, 3.8) is 0 Å². The third kappa shape index (κ3) is 3.28.